The molecular weight excluding hydrogens is 513 g/mol. The van der Waals surface area contributed by atoms with Crippen molar-refractivity contribution in [3.8, 4) is 0 Å². The average Bonchev–Trinajstić information content (AvgIpc) is 2.75. The van der Waals surface area contributed by atoms with Crippen LogP contribution in [0, 0.1) is 11.6 Å². The van der Waals surface area contributed by atoms with E-state index in [2.05, 4.69) is 25.5 Å². The largest absolute Gasteiger partial charge is 0.356 e. The van der Waals surface area contributed by atoms with Gasteiger partial charge in [-0.3, -0.25) is 4.99 Å². The molecule has 6 nitrogen and oxygen atoms in total. The molecule has 1 unspecified atom stereocenters. The average molecular weight is 544 g/mol. The number of piperidine rings is 1. The number of benzene rings is 1. The van der Waals surface area contributed by atoms with E-state index in [1.807, 2.05) is 38.5 Å². The highest BCUT2D eigenvalue weighted by Crippen LogP contribution is 2.24. The second kappa shape index (κ2) is 12.1. The van der Waals surface area contributed by atoms with Crippen LogP contribution in [0.15, 0.2) is 47.6 Å². The summed E-state index contributed by atoms with van der Waals surface area (Å²) in [7, 11) is 5.32. The maximum atomic E-state index is 14.3. The van der Waals surface area contributed by atoms with Crippen molar-refractivity contribution in [3.63, 3.8) is 0 Å². The lowest BCUT2D eigenvalue weighted by Gasteiger charge is -2.34. The van der Waals surface area contributed by atoms with Crippen LogP contribution in [0.3, 0.4) is 0 Å². The van der Waals surface area contributed by atoms with Gasteiger partial charge in [0.05, 0.1) is 6.04 Å². The van der Waals surface area contributed by atoms with Gasteiger partial charge in [-0.15, -0.1) is 24.0 Å². The molecule has 2 N–H and O–H groups in total. The number of nitrogens with one attached hydrogen (secondary N) is 2. The Morgan fingerprint density at radius 1 is 1.16 bits per heavy atom. The van der Waals surface area contributed by atoms with E-state index in [1.165, 1.54) is 18.2 Å². The maximum Gasteiger partial charge on any atom is 0.191 e. The summed E-state index contributed by atoms with van der Waals surface area (Å²) in [6, 6.07) is 9.72. The standard InChI is InChI=1S/C22H30F2N6.HI/c1-25-22(27-15-19(29(2)3)21-17(23)7-6-8-18(21)24)28-16-10-13-30(14-11-16)20-9-4-5-12-26-20;/h4-9,12,16,19H,10-11,13-15H2,1-3H3,(H2,25,27,28);1H. The predicted octanol–water partition coefficient (Wildman–Crippen LogP) is 3.41. The number of hydrogen-bond acceptors (Lipinski definition) is 4. The van der Waals surface area contributed by atoms with E-state index in [1.54, 1.807) is 11.9 Å². The van der Waals surface area contributed by atoms with Crippen molar-refractivity contribution in [2.45, 2.75) is 24.9 Å². The third kappa shape index (κ3) is 6.73. The minimum absolute atomic E-state index is 0. The first kappa shape index (κ1) is 25.3. The fourth-order valence-corrected chi connectivity index (χ4v) is 3.75. The molecule has 0 spiro atoms. The van der Waals surface area contributed by atoms with Crippen molar-refractivity contribution < 1.29 is 8.78 Å². The Kier molecular flexibility index (Phi) is 9.89. The highest BCUT2D eigenvalue weighted by atomic mass is 127. The lowest BCUT2D eigenvalue weighted by molar-refractivity contribution is 0.282. The van der Waals surface area contributed by atoms with Gasteiger partial charge in [-0.1, -0.05) is 12.1 Å². The van der Waals surface area contributed by atoms with E-state index in [4.69, 9.17) is 0 Å². The monoisotopic (exact) mass is 544 g/mol. The lowest BCUT2D eigenvalue weighted by atomic mass is 10.0. The molecular formula is C22H31F2IN6. The highest BCUT2D eigenvalue weighted by molar-refractivity contribution is 14.0. The molecule has 2 heterocycles. The van der Waals surface area contributed by atoms with Crippen LogP contribution in [0.5, 0.6) is 0 Å². The lowest BCUT2D eigenvalue weighted by Crippen LogP contribution is -2.50. The fourth-order valence-electron chi connectivity index (χ4n) is 3.75. The Morgan fingerprint density at radius 3 is 2.39 bits per heavy atom. The second-order valence-corrected chi connectivity index (χ2v) is 7.66. The molecule has 1 aliphatic heterocycles. The van der Waals surface area contributed by atoms with Crippen LogP contribution in [-0.4, -0.2) is 62.7 Å². The number of hydrogen-bond donors (Lipinski definition) is 2. The number of nitrogens with zero attached hydrogens (tertiary/aromatic N) is 4. The minimum Gasteiger partial charge on any atom is -0.356 e. The molecule has 0 saturated carbocycles. The van der Waals surface area contributed by atoms with E-state index in [0.717, 1.165) is 31.7 Å². The van der Waals surface area contributed by atoms with E-state index in [9.17, 15) is 8.78 Å². The first-order valence-electron chi connectivity index (χ1n) is 10.2. The predicted molar refractivity (Wildman–Crippen MR) is 132 cm³/mol. The molecule has 170 valence electrons. The van der Waals surface area contributed by atoms with E-state index < -0.39 is 17.7 Å². The zero-order valence-corrected chi connectivity index (χ0v) is 20.5. The zero-order valence-electron chi connectivity index (χ0n) is 18.2. The Morgan fingerprint density at radius 2 is 1.84 bits per heavy atom. The molecule has 31 heavy (non-hydrogen) atoms. The van der Waals surface area contributed by atoms with Crippen molar-refractivity contribution in [3.05, 3.63) is 59.8 Å². The van der Waals surface area contributed by atoms with Crippen molar-refractivity contribution in [2.75, 3.05) is 45.7 Å². The van der Waals surface area contributed by atoms with Gasteiger partial charge >= 0.3 is 0 Å². The van der Waals surface area contributed by atoms with Gasteiger partial charge in [-0.2, -0.15) is 0 Å². The summed E-state index contributed by atoms with van der Waals surface area (Å²) in [5, 5.41) is 6.67. The minimum atomic E-state index is -0.541. The Labute approximate surface area is 200 Å². The number of anilines is 1. The smallest absolute Gasteiger partial charge is 0.191 e. The first-order valence-corrected chi connectivity index (χ1v) is 10.2. The van der Waals surface area contributed by atoms with Gasteiger partial charge in [-0.05, 0) is 51.2 Å². The van der Waals surface area contributed by atoms with Crippen LogP contribution in [-0.2, 0) is 0 Å². The molecule has 0 radical (unpaired) electrons. The molecule has 1 fully saturated rings. The Bertz CT molecular complexity index is 821. The molecule has 0 bridgehead atoms. The third-order valence-electron chi connectivity index (χ3n) is 5.45. The van der Waals surface area contributed by atoms with Gasteiger partial charge in [0, 0.05) is 44.5 Å². The normalized spacial score (nSPS) is 16.1. The summed E-state index contributed by atoms with van der Waals surface area (Å²) in [6.07, 6.45) is 3.72. The summed E-state index contributed by atoms with van der Waals surface area (Å²) in [5.41, 5.74) is 0.0640. The summed E-state index contributed by atoms with van der Waals surface area (Å²) in [6.45, 7) is 2.15. The third-order valence-corrected chi connectivity index (χ3v) is 5.45. The molecule has 0 aliphatic carbocycles. The number of halogens is 3. The Balaban J connectivity index is 0.00000341. The number of guanidine groups is 1. The molecule has 1 aliphatic rings. The fraction of sp³-hybridized carbons (Fsp3) is 0.455. The van der Waals surface area contributed by atoms with Crippen molar-refractivity contribution in [1.29, 1.82) is 0 Å². The second-order valence-electron chi connectivity index (χ2n) is 7.66. The van der Waals surface area contributed by atoms with Crippen molar-refractivity contribution in [1.82, 2.24) is 20.5 Å². The van der Waals surface area contributed by atoms with Crippen LogP contribution < -0.4 is 15.5 Å². The first-order chi connectivity index (χ1) is 14.5. The van der Waals surface area contributed by atoms with Crippen LogP contribution >= 0.6 is 24.0 Å². The quantitative estimate of drug-likeness (QED) is 0.332. The van der Waals surface area contributed by atoms with Gasteiger partial charge in [0.25, 0.3) is 0 Å². The van der Waals surface area contributed by atoms with Crippen molar-refractivity contribution >= 4 is 35.8 Å². The Hall–Kier alpha value is -2.01. The van der Waals surface area contributed by atoms with Gasteiger partial charge in [0.1, 0.15) is 17.5 Å². The van der Waals surface area contributed by atoms with Gasteiger partial charge in [0.2, 0.25) is 0 Å². The topological polar surface area (TPSA) is 55.8 Å². The number of likely N-dealkylation sites (N-methyl/N-ethyl adjacent to an activating group) is 1. The number of aliphatic imine (C=N–C) groups is 1. The number of pyridine rings is 1. The van der Waals surface area contributed by atoms with E-state index in [0.29, 0.717) is 12.5 Å². The van der Waals surface area contributed by atoms with E-state index in [-0.39, 0.29) is 35.6 Å². The summed E-state index contributed by atoms with van der Waals surface area (Å²) in [4.78, 5) is 12.8. The van der Waals surface area contributed by atoms with Crippen LogP contribution in [0.25, 0.3) is 0 Å². The molecule has 3 rings (SSSR count). The molecule has 2 aromatic rings. The SMILES string of the molecule is CN=C(NCC(c1c(F)cccc1F)N(C)C)NC1CCN(c2ccccn2)CC1.I. The maximum absolute atomic E-state index is 14.3. The van der Waals surface area contributed by atoms with Crippen LogP contribution in [0.2, 0.25) is 0 Å². The summed E-state index contributed by atoms with van der Waals surface area (Å²) >= 11 is 0. The van der Waals surface area contributed by atoms with Gasteiger partial charge in [0.15, 0.2) is 5.96 Å². The molecule has 0 amide bonds. The highest BCUT2D eigenvalue weighted by Gasteiger charge is 2.24. The van der Waals surface area contributed by atoms with E-state index >= 15 is 0 Å². The van der Waals surface area contributed by atoms with Gasteiger partial charge in [-0.25, -0.2) is 13.8 Å². The molecule has 9 heteroatoms. The van der Waals surface area contributed by atoms with Crippen LogP contribution in [0.4, 0.5) is 14.6 Å². The number of aromatic nitrogens is 1. The molecule has 1 aromatic carbocycles. The molecule has 1 saturated heterocycles. The van der Waals surface area contributed by atoms with Gasteiger partial charge < -0.3 is 20.4 Å². The van der Waals surface area contributed by atoms with Crippen molar-refractivity contribution in [2.24, 2.45) is 4.99 Å². The molecule has 1 atom stereocenters. The zero-order chi connectivity index (χ0) is 21.5. The number of rotatable bonds is 6. The molecule has 1 aromatic heterocycles. The van der Waals surface area contributed by atoms with Crippen LogP contribution in [0.1, 0.15) is 24.4 Å². The summed E-state index contributed by atoms with van der Waals surface area (Å²) in [5.74, 6) is 0.551. The summed E-state index contributed by atoms with van der Waals surface area (Å²) < 4.78 is 28.5.